The highest BCUT2D eigenvalue weighted by Crippen LogP contribution is 2.14. The van der Waals surface area contributed by atoms with Gasteiger partial charge in [0, 0.05) is 13.0 Å². The van der Waals surface area contributed by atoms with E-state index in [-0.39, 0.29) is 5.97 Å². The minimum Gasteiger partial charge on any atom is -0.463 e. The smallest absolute Gasteiger partial charge is 0.305 e. The lowest BCUT2D eigenvalue weighted by Crippen LogP contribution is -2.15. The predicted octanol–water partition coefficient (Wildman–Crippen LogP) is 10.8. The Morgan fingerprint density at radius 3 is 0.750 bits per heavy atom. The third-order valence-corrected chi connectivity index (χ3v) is 9.72. The van der Waals surface area contributed by atoms with Crippen molar-refractivity contribution in [2.75, 3.05) is 112 Å². The van der Waals surface area contributed by atoms with E-state index in [1.165, 1.54) is 141 Å². The van der Waals surface area contributed by atoms with Crippen LogP contribution < -0.4 is 0 Å². The van der Waals surface area contributed by atoms with Crippen LogP contribution >= 0.6 is 0 Å². The Hall–Kier alpha value is -0.850. The second-order valence-electron chi connectivity index (χ2n) is 15.0. The van der Waals surface area contributed by atoms with E-state index in [1.807, 2.05) is 0 Å². The molecule has 10 nitrogen and oxygen atoms in total. The largest absolute Gasteiger partial charge is 0.463 e. The van der Waals surface area contributed by atoms with Crippen molar-refractivity contribution in [1.82, 2.24) is 0 Å². The van der Waals surface area contributed by atoms with Gasteiger partial charge in [0.1, 0.15) is 6.61 Å². The molecule has 0 spiro atoms. The molecule has 0 rings (SSSR count). The number of carbonyl (C=O) groups is 1. The summed E-state index contributed by atoms with van der Waals surface area (Å²) in [6.07, 6.45) is 33.7. The highest BCUT2D eigenvalue weighted by atomic mass is 16.6. The van der Waals surface area contributed by atoms with Gasteiger partial charge in [-0.3, -0.25) is 4.79 Å². The summed E-state index contributed by atoms with van der Waals surface area (Å²) >= 11 is 0. The lowest BCUT2D eigenvalue weighted by Gasteiger charge is -2.09. The summed E-state index contributed by atoms with van der Waals surface area (Å²) in [7, 11) is 0. The maximum atomic E-state index is 11.9. The first-order valence-corrected chi connectivity index (χ1v) is 23.6. The van der Waals surface area contributed by atoms with Gasteiger partial charge in [0.05, 0.1) is 99.1 Å². The number of rotatable bonds is 51. The second-order valence-corrected chi connectivity index (χ2v) is 15.0. The normalized spacial score (nSPS) is 11.5. The van der Waals surface area contributed by atoms with Gasteiger partial charge in [-0.2, -0.15) is 0 Å². The lowest BCUT2D eigenvalue weighted by atomic mass is 10.0. The lowest BCUT2D eigenvalue weighted by molar-refractivity contribution is -0.145. The maximum absolute atomic E-state index is 11.9. The van der Waals surface area contributed by atoms with Crippen molar-refractivity contribution < 1.29 is 47.4 Å². The zero-order chi connectivity index (χ0) is 40.3. The van der Waals surface area contributed by atoms with Gasteiger partial charge in [0.15, 0.2) is 0 Å². The van der Waals surface area contributed by atoms with Crippen LogP contribution in [0.1, 0.15) is 181 Å². The van der Waals surface area contributed by atoms with Crippen molar-refractivity contribution in [3.8, 4) is 0 Å². The van der Waals surface area contributed by atoms with E-state index in [0.717, 1.165) is 25.9 Å². The van der Waals surface area contributed by atoms with Crippen molar-refractivity contribution >= 4 is 5.97 Å². The molecule has 0 aliphatic rings. The summed E-state index contributed by atoms with van der Waals surface area (Å²) in [5.74, 6) is -0.124. The molecule has 0 unspecified atom stereocenters. The third-order valence-electron chi connectivity index (χ3n) is 9.72. The van der Waals surface area contributed by atoms with Gasteiger partial charge in [-0.15, -0.1) is 0 Å². The van der Waals surface area contributed by atoms with E-state index in [2.05, 4.69) is 13.8 Å². The topological polar surface area (TPSA) is 100 Å². The zero-order valence-corrected chi connectivity index (χ0v) is 37.0. The van der Waals surface area contributed by atoms with Crippen molar-refractivity contribution in [3.05, 3.63) is 0 Å². The van der Waals surface area contributed by atoms with E-state index in [9.17, 15) is 4.79 Å². The monoisotopic (exact) mass is 805 g/mol. The van der Waals surface area contributed by atoms with E-state index in [0.29, 0.717) is 112 Å². The van der Waals surface area contributed by atoms with Crippen LogP contribution in [0.3, 0.4) is 0 Å². The van der Waals surface area contributed by atoms with Gasteiger partial charge >= 0.3 is 5.97 Å². The predicted molar refractivity (Wildman–Crippen MR) is 229 cm³/mol. The van der Waals surface area contributed by atoms with Crippen LogP contribution in [0, 0.1) is 0 Å². The fourth-order valence-corrected chi connectivity index (χ4v) is 6.26. The van der Waals surface area contributed by atoms with Gasteiger partial charge in [-0.25, -0.2) is 0 Å². The fraction of sp³-hybridized carbons (Fsp3) is 0.978. The number of ether oxygens (including phenoxy) is 9. The highest BCUT2D eigenvalue weighted by molar-refractivity contribution is 5.69. The molecule has 10 heteroatoms. The average molecular weight is 805 g/mol. The van der Waals surface area contributed by atoms with E-state index in [4.69, 9.17) is 42.6 Å². The molecule has 0 fully saturated rings. The first-order chi connectivity index (χ1) is 27.8. The molecule has 0 atom stereocenters. The summed E-state index contributed by atoms with van der Waals surface area (Å²) in [4.78, 5) is 11.9. The molecule has 0 saturated heterocycles. The van der Waals surface area contributed by atoms with Crippen LogP contribution in [-0.2, 0) is 47.4 Å². The number of hydrogen-bond acceptors (Lipinski definition) is 10. The summed E-state index contributed by atoms with van der Waals surface area (Å²) in [5, 5.41) is 0. The molecule has 0 aliphatic heterocycles. The van der Waals surface area contributed by atoms with Crippen LogP contribution in [0.5, 0.6) is 0 Å². The molecule has 0 aliphatic carbocycles. The fourth-order valence-electron chi connectivity index (χ4n) is 6.26. The zero-order valence-electron chi connectivity index (χ0n) is 37.0. The second kappa shape index (κ2) is 52.2. The Bertz CT molecular complexity index is 713. The molecule has 0 bridgehead atoms. The minimum absolute atomic E-state index is 0.124. The van der Waals surface area contributed by atoms with Gasteiger partial charge in [-0.1, -0.05) is 162 Å². The molecule has 0 N–H and O–H groups in total. The van der Waals surface area contributed by atoms with Gasteiger partial charge < -0.3 is 42.6 Å². The van der Waals surface area contributed by atoms with Crippen molar-refractivity contribution in [1.29, 1.82) is 0 Å². The summed E-state index contributed by atoms with van der Waals surface area (Å²) < 4.78 is 49.6. The first kappa shape index (κ1) is 55.2. The van der Waals surface area contributed by atoms with Crippen molar-refractivity contribution in [3.63, 3.8) is 0 Å². The SMILES string of the molecule is CCCCCCCCCCCCCCCCCC(=O)OCCOCCOCCOCCOCCOCCOCCOCCOCCCCCCCCCCCC. The molecule has 0 radical (unpaired) electrons. The molecule has 336 valence electrons. The molecule has 0 aromatic carbocycles. The number of unbranched alkanes of at least 4 members (excludes halogenated alkanes) is 23. The average Bonchev–Trinajstić information content (AvgIpc) is 3.20. The third kappa shape index (κ3) is 51.2. The Balaban J connectivity index is 3.12. The molecule has 0 aromatic rings. The highest BCUT2D eigenvalue weighted by Gasteiger charge is 2.03. The van der Waals surface area contributed by atoms with Crippen LogP contribution in [0.2, 0.25) is 0 Å². The molecule has 0 amide bonds. The minimum atomic E-state index is -0.124. The summed E-state index contributed by atoms with van der Waals surface area (Å²) in [6, 6.07) is 0. The molecule has 0 aromatic heterocycles. The van der Waals surface area contributed by atoms with Gasteiger partial charge in [-0.05, 0) is 12.8 Å². The van der Waals surface area contributed by atoms with Crippen molar-refractivity contribution in [2.24, 2.45) is 0 Å². The van der Waals surface area contributed by atoms with E-state index >= 15 is 0 Å². The molecular weight excluding hydrogens is 712 g/mol. The number of esters is 1. The molecule has 0 saturated carbocycles. The molecule has 0 heterocycles. The first-order valence-electron chi connectivity index (χ1n) is 23.6. The van der Waals surface area contributed by atoms with E-state index in [1.54, 1.807) is 0 Å². The summed E-state index contributed by atoms with van der Waals surface area (Å²) in [6.45, 7) is 13.6. The number of hydrogen-bond donors (Lipinski definition) is 0. The Morgan fingerprint density at radius 2 is 0.464 bits per heavy atom. The van der Waals surface area contributed by atoms with Gasteiger partial charge in [0.25, 0.3) is 0 Å². The van der Waals surface area contributed by atoms with Gasteiger partial charge in [0.2, 0.25) is 0 Å². The van der Waals surface area contributed by atoms with Crippen LogP contribution in [0.4, 0.5) is 0 Å². The molecular formula is C46H92O10. The Morgan fingerprint density at radius 1 is 0.250 bits per heavy atom. The van der Waals surface area contributed by atoms with E-state index < -0.39 is 0 Å². The maximum Gasteiger partial charge on any atom is 0.305 e. The quantitative estimate of drug-likeness (QED) is 0.0436. The van der Waals surface area contributed by atoms with Crippen LogP contribution in [-0.4, -0.2) is 118 Å². The Labute approximate surface area is 345 Å². The van der Waals surface area contributed by atoms with Crippen LogP contribution in [0.25, 0.3) is 0 Å². The molecule has 56 heavy (non-hydrogen) atoms. The Kier molecular flexibility index (Phi) is 51.4. The van der Waals surface area contributed by atoms with Crippen molar-refractivity contribution in [2.45, 2.75) is 181 Å². The number of carbonyl (C=O) groups excluding carboxylic acids is 1. The summed E-state index contributed by atoms with van der Waals surface area (Å²) in [5.41, 5.74) is 0. The standard InChI is InChI=1S/C46H92O10/c1-3-5-7-9-11-13-15-16-17-18-19-20-22-24-26-28-46(47)56-45-44-55-43-42-54-41-40-53-39-38-52-37-36-51-35-34-50-33-32-49-31-30-48-29-27-25-23-21-14-12-10-8-6-4-2/h3-45H2,1-2H3. The van der Waals surface area contributed by atoms with Crippen LogP contribution in [0.15, 0.2) is 0 Å².